The van der Waals surface area contributed by atoms with Crippen molar-refractivity contribution >= 4 is 5.69 Å². The van der Waals surface area contributed by atoms with Gasteiger partial charge in [0, 0.05) is 18.3 Å². The molecular weight excluding hydrogens is 208 g/mol. The maximum Gasteiger partial charge on any atom is 0.0434 e. The molecular formula is C15H24N2. The molecule has 2 nitrogen and oxygen atoms in total. The summed E-state index contributed by atoms with van der Waals surface area (Å²) in [5.41, 5.74) is 4.60. The van der Waals surface area contributed by atoms with Gasteiger partial charge in [0.2, 0.25) is 0 Å². The van der Waals surface area contributed by atoms with Crippen LogP contribution in [0.2, 0.25) is 0 Å². The van der Waals surface area contributed by atoms with E-state index in [9.17, 15) is 0 Å². The Bertz CT molecular complexity index is 371. The van der Waals surface area contributed by atoms with Crippen molar-refractivity contribution < 1.29 is 0 Å². The minimum absolute atomic E-state index is 0.613. The first kappa shape index (κ1) is 12.4. The first-order valence-electron chi connectivity index (χ1n) is 6.76. The van der Waals surface area contributed by atoms with Gasteiger partial charge < -0.3 is 10.2 Å². The Morgan fingerprint density at radius 2 is 2.18 bits per heavy atom. The van der Waals surface area contributed by atoms with Gasteiger partial charge in [-0.1, -0.05) is 18.2 Å². The second kappa shape index (κ2) is 5.54. The number of fused-ring (bicyclic) bond motifs is 1. The summed E-state index contributed by atoms with van der Waals surface area (Å²) < 4.78 is 0. The molecule has 0 saturated heterocycles. The van der Waals surface area contributed by atoms with Gasteiger partial charge in [-0.3, -0.25) is 0 Å². The van der Waals surface area contributed by atoms with Crippen LogP contribution >= 0.6 is 0 Å². The predicted octanol–water partition coefficient (Wildman–Crippen LogP) is 2.61. The number of benzene rings is 1. The summed E-state index contributed by atoms with van der Waals surface area (Å²) in [6.07, 6.45) is 3.62. The molecule has 1 heterocycles. The van der Waals surface area contributed by atoms with Crippen molar-refractivity contribution in [3.63, 3.8) is 0 Å². The lowest BCUT2D eigenvalue weighted by Crippen LogP contribution is -2.29. The second-order valence-corrected chi connectivity index (χ2v) is 5.17. The van der Waals surface area contributed by atoms with Crippen LogP contribution in [-0.4, -0.2) is 26.2 Å². The minimum atomic E-state index is 0.613. The van der Waals surface area contributed by atoms with Crippen molar-refractivity contribution in [1.82, 2.24) is 5.32 Å². The SMILES string of the molecule is CNCCCc1cccc2c1N(C(C)C)CC2. The molecule has 0 amide bonds. The Labute approximate surface area is 105 Å². The third kappa shape index (κ3) is 2.63. The van der Waals surface area contributed by atoms with Crippen LogP contribution in [0.4, 0.5) is 5.69 Å². The maximum atomic E-state index is 3.23. The number of nitrogens with zero attached hydrogens (tertiary/aromatic N) is 1. The molecule has 0 fully saturated rings. The van der Waals surface area contributed by atoms with Gasteiger partial charge in [-0.2, -0.15) is 0 Å². The summed E-state index contributed by atoms with van der Waals surface area (Å²) in [5, 5.41) is 3.23. The smallest absolute Gasteiger partial charge is 0.0434 e. The standard InChI is InChI=1S/C15H24N2/c1-12(2)17-11-9-14-7-4-6-13(15(14)17)8-5-10-16-3/h4,6-7,12,16H,5,8-11H2,1-3H3. The minimum Gasteiger partial charge on any atom is -0.368 e. The fourth-order valence-corrected chi connectivity index (χ4v) is 2.74. The average molecular weight is 232 g/mol. The van der Waals surface area contributed by atoms with Gasteiger partial charge in [0.15, 0.2) is 0 Å². The first-order valence-corrected chi connectivity index (χ1v) is 6.76. The predicted molar refractivity (Wildman–Crippen MR) is 74.9 cm³/mol. The highest BCUT2D eigenvalue weighted by molar-refractivity contribution is 5.64. The lowest BCUT2D eigenvalue weighted by Gasteiger charge is -2.26. The van der Waals surface area contributed by atoms with Crippen LogP contribution in [0.1, 0.15) is 31.4 Å². The van der Waals surface area contributed by atoms with Crippen molar-refractivity contribution in [3.05, 3.63) is 29.3 Å². The molecule has 0 radical (unpaired) electrons. The van der Waals surface area contributed by atoms with E-state index in [0.717, 1.165) is 6.54 Å². The number of para-hydroxylation sites is 1. The molecule has 1 aromatic rings. The van der Waals surface area contributed by atoms with Crippen molar-refractivity contribution in [2.75, 3.05) is 25.0 Å². The van der Waals surface area contributed by atoms with E-state index in [0.29, 0.717) is 6.04 Å². The van der Waals surface area contributed by atoms with Gasteiger partial charge >= 0.3 is 0 Å². The molecule has 0 aliphatic carbocycles. The van der Waals surface area contributed by atoms with Gasteiger partial charge in [0.05, 0.1) is 0 Å². The molecule has 0 bridgehead atoms. The molecule has 17 heavy (non-hydrogen) atoms. The Hall–Kier alpha value is -1.02. The van der Waals surface area contributed by atoms with Crippen molar-refractivity contribution in [3.8, 4) is 0 Å². The van der Waals surface area contributed by atoms with Crippen molar-refractivity contribution in [2.45, 2.75) is 39.2 Å². The zero-order chi connectivity index (χ0) is 12.3. The highest BCUT2D eigenvalue weighted by Gasteiger charge is 2.23. The number of rotatable bonds is 5. The number of nitrogens with one attached hydrogen (secondary N) is 1. The number of hydrogen-bond acceptors (Lipinski definition) is 2. The normalized spacial score (nSPS) is 14.5. The molecule has 2 rings (SSSR count). The van der Waals surface area contributed by atoms with Gasteiger partial charge in [-0.25, -0.2) is 0 Å². The lowest BCUT2D eigenvalue weighted by molar-refractivity contribution is 0.697. The van der Waals surface area contributed by atoms with Crippen LogP contribution in [0.25, 0.3) is 0 Å². The first-order chi connectivity index (χ1) is 8.24. The summed E-state index contributed by atoms with van der Waals surface area (Å²) >= 11 is 0. The van der Waals surface area contributed by atoms with E-state index < -0.39 is 0 Å². The highest BCUT2D eigenvalue weighted by Crippen LogP contribution is 2.33. The van der Waals surface area contributed by atoms with E-state index >= 15 is 0 Å². The van der Waals surface area contributed by atoms with Crippen LogP contribution in [0.3, 0.4) is 0 Å². The summed E-state index contributed by atoms with van der Waals surface area (Å²) in [5.74, 6) is 0. The van der Waals surface area contributed by atoms with Gasteiger partial charge in [-0.15, -0.1) is 0 Å². The largest absolute Gasteiger partial charge is 0.368 e. The molecule has 1 aliphatic rings. The van der Waals surface area contributed by atoms with Crippen molar-refractivity contribution in [1.29, 1.82) is 0 Å². The molecule has 0 unspecified atom stereocenters. The molecule has 0 saturated carbocycles. The summed E-state index contributed by atoms with van der Waals surface area (Å²) in [7, 11) is 2.02. The van der Waals surface area contributed by atoms with Crippen molar-refractivity contribution in [2.24, 2.45) is 0 Å². The average Bonchev–Trinajstić information content (AvgIpc) is 2.74. The molecule has 0 atom stereocenters. The van der Waals surface area contributed by atoms with E-state index in [4.69, 9.17) is 0 Å². The number of aryl methyl sites for hydroxylation is 1. The fraction of sp³-hybridized carbons (Fsp3) is 0.600. The van der Waals surface area contributed by atoms with Gasteiger partial charge in [-0.05, 0) is 57.8 Å². The molecule has 1 N–H and O–H groups in total. The molecule has 0 aromatic heterocycles. The molecule has 1 aliphatic heterocycles. The molecule has 94 valence electrons. The van der Waals surface area contributed by atoms with Crippen LogP contribution in [0.15, 0.2) is 18.2 Å². The van der Waals surface area contributed by atoms with E-state index in [-0.39, 0.29) is 0 Å². The lowest BCUT2D eigenvalue weighted by atomic mass is 10.0. The maximum absolute atomic E-state index is 3.23. The van der Waals surface area contributed by atoms with E-state index in [2.05, 4.69) is 42.3 Å². The fourth-order valence-electron chi connectivity index (χ4n) is 2.74. The van der Waals surface area contributed by atoms with E-state index in [1.165, 1.54) is 37.1 Å². The second-order valence-electron chi connectivity index (χ2n) is 5.17. The Balaban J connectivity index is 2.19. The van der Waals surface area contributed by atoms with E-state index in [1.807, 2.05) is 7.05 Å². The van der Waals surface area contributed by atoms with Crippen LogP contribution in [0.5, 0.6) is 0 Å². The van der Waals surface area contributed by atoms with Crippen LogP contribution < -0.4 is 10.2 Å². The van der Waals surface area contributed by atoms with Crippen LogP contribution in [-0.2, 0) is 12.8 Å². The molecule has 1 aromatic carbocycles. The Morgan fingerprint density at radius 3 is 2.88 bits per heavy atom. The van der Waals surface area contributed by atoms with Gasteiger partial charge in [0.25, 0.3) is 0 Å². The van der Waals surface area contributed by atoms with E-state index in [1.54, 1.807) is 5.56 Å². The van der Waals surface area contributed by atoms with Crippen LogP contribution in [0, 0.1) is 0 Å². The summed E-state index contributed by atoms with van der Waals surface area (Å²) in [6.45, 7) is 6.88. The number of hydrogen-bond donors (Lipinski definition) is 1. The Kier molecular flexibility index (Phi) is 4.06. The zero-order valence-corrected chi connectivity index (χ0v) is 11.3. The third-order valence-corrected chi connectivity index (χ3v) is 3.61. The summed E-state index contributed by atoms with van der Waals surface area (Å²) in [6, 6.07) is 7.42. The Morgan fingerprint density at radius 1 is 1.35 bits per heavy atom. The molecule has 2 heteroatoms. The zero-order valence-electron chi connectivity index (χ0n) is 11.3. The topological polar surface area (TPSA) is 15.3 Å². The quantitative estimate of drug-likeness (QED) is 0.785. The highest BCUT2D eigenvalue weighted by atomic mass is 15.2. The third-order valence-electron chi connectivity index (χ3n) is 3.61. The monoisotopic (exact) mass is 232 g/mol. The summed E-state index contributed by atoms with van der Waals surface area (Å²) in [4.78, 5) is 2.56. The van der Waals surface area contributed by atoms with Gasteiger partial charge in [0.1, 0.15) is 0 Å². The number of anilines is 1. The molecule has 0 spiro atoms.